The molecule has 4 N–H and O–H groups in total. The predicted molar refractivity (Wildman–Crippen MR) is 504 cm³/mol. The first-order valence-corrected chi connectivity index (χ1v) is 46.7. The van der Waals surface area contributed by atoms with Crippen molar-refractivity contribution in [3.8, 4) is 0 Å². The molecule has 3 aliphatic carbocycles. The van der Waals surface area contributed by atoms with Gasteiger partial charge in [-0.3, -0.25) is 47.2 Å². The van der Waals surface area contributed by atoms with E-state index in [1.165, 1.54) is 83.3 Å². The van der Waals surface area contributed by atoms with Crippen molar-refractivity contribution in [2.24, 2.45) is 27.1 Å². The van der Waals surface area contributed by atoms with E-state index < -0.39 is 95.4 Å². The van der Waals surface area contributed by atoms with Gasteiger partial charge in [-0.05, 0) is 156 Å². The average molecular weight is 1900 g/mol. The summed E-state index contributed by atoms with van der Waals surface area (Å²) in [5.41, 5.74) is 1.87. The topological polar surface area (TPSA) is 265 Å². The molecule has 0 spiro atoms. The molecule has 21 rings (SSSR count). The van der Waals surface area contributed by atoms with Gasteiger partial charge >= 0.3 is 0 Å². The Labute approximate surface area is 782 Å². The fourth-order valence-corrected chi connectivity index (χ4v) is 20.8. The highest BCUT2D eigenvalue weighted by Crippen LogP contribution is 2.55. The SMILES string of the molecule is C[C@@H](Nc1ncnc2c1cc(C13CCC(CC1)C3)c(=O)n2C)c1cccc(C(F)F)c1F.Cc1nc(N[C@H](C)c2cccc(C(F)F)c2F)c2cc(N3CC4CC(C3)N4C)c(=O)n(C)c2n1.Cc1nc(N[C@H](C)c2cccc(C(F)F)c2F)c2cc(N3CCCCC3)c(=O)n(C3COC3)c2n1.Cc1nc(N[C@H](C)c2cccc(C(F)F)c2F)c2cc(N3CCN(C4CCC4)CC3)c(=O)n(C)c2n1. The molecule has 3 saturated carbocycles. The molecule has 9 fully saturated rings. The van der Waals surface area contributed by atoms with Gasteiger partial charge in [0, 0.05) is 125 Å². The fraction of sp³-hybridized carbons (Fsp3) is 0.475. The van der Waals surface area contributed by atoms with Crippen LogP contribution in [0.15, 0.2) is 123 Å². The Hall–Kier alpha value is -12.3. The standard InChI is InChI=1S/C26H31F3N6O.C25H28F3N5O2.C24H27F3N6O.C24H25F3N4O/c1-15(18-8-5-9-19(22(18)27)23(28)29)30-24-20-14-21(26(36)33(3)25(20)32-16(2)31-24)35-12-10-34(11-13-35)17-6-4-7-17;1-14(17-7-6-8-18(21(17)26)22(27)28)29-23-19-11-20(32-9-4-3-5-10-32)25(34)33(16-12-35-13-16)24(19)31-15(2)30-23;1-12(16-6-5-7-17(20(16)25)21(26)27)28-22-18-9-19(33-10-14-8-15(11-33)31(14)3)24(34)32(4)23(18)30-13(2)29-22;1-13(15-4-3-5-16(19(15)25)20(26)27)30-21-17-10-18(24-8-6-14(11-24)7-9-24)23(32)31(2)22(17)29-12-28-21/h5,8-9,14-15,17,23H,4,6-7,10-13H2,1-3H3,(H,30,31,32);6-8,11,14,16,22H,3-5,9-10,12-13H2,1-2H3,(H,29,30,31);5-7,9,12,14-15,21H,8,10-11H2,1-4H3,(H,28,29,30);3-5,10,12-14,20H,6-9,11H2,1-2H3,(H,28,29,30)/t15-;14-;12-,14?,15?;13-,14?,24?/m1111/s1. The normalized spacial score (nSPS) is 19.9. The first-order chi connectivity index (χ1) is 65.5. The van der Waals surface area contributed by atoms with Crippen LogP contribution in [0.4, 0.5) is 93.0 Å². The molecule has 2 unspecified atom stereocenters. The molecule has 26 nitrogen and oxygen atoms in total. The van der Waals surface area contributed by atoms with Crippen LogP contribution in [0.2, 0.25) is 0 Å². The maximum Gasteiger partial charge on any atom is 0.276 e. The summed E-state index contributed by atoms with van der Waals surface area (Å²) in [4.78, 5) is 100. The average Bonchev–Trinajstić information content (AvgIpc) is 1.64. The van der Waals surface area contributed by atoms with E-state index in [1.807, 2.05) is 6.07 Å². The third kappa shape index (κ3) is 19.0. The fourth-order valence-electron chi connectivity index (χ4n) is 20.8. The number of pyridine rings is 4. The lowest BCUT2D eigenvalue weighted by atomic mass is 9.78. The van der Waals surface area contributed by atoms with Crippen LogP contribution in [0.25, 0.3) is 44.1 Å². The van der Waals surface area contributed by atoms with Crippen molar-refractivity contribution in [3.63, 3.8) is 0 Å². The van der Waals surface area contributed by atoms with Gasteiger partial charge in [0.05, 0.1) is 87.2 Å². The number of rotatable bonds is 22. The van der Waals surface area contributed by atoms with Crippen molar-refractivity contribution in [1.82, 2.24) is 67.9 Å². The molecule has 6 saturated heterocycles. The van der Waals surface area contributed by atoms with Gasteiger partial charge in [-0.2, -0.15) is 0 Å². The molecule has 14 heterocycles. The summed E-state index contributed by atoms with van der Waals surface area (Å²) in [6.07, 6.45) is 3.18. The Balaban J connectivity index is 0.000000127. The third-order valence-corrected chi connectivity index (χ3v) is 28.9. The zero-order valence-corrected chi connectivity index (χ0v) is 78.1. The molecule has 9 aliphatic rings. The summed E-state index contributed by atoms with van der Waals surface area (Å²) >= 11 is 0. The summed E-state index contributed by atoms with van der Waals surface area (Å²) in [6.45, 7) is 19.2. The summed E-state index contributed by atoms with van der Waals surface area (Å²) < 4.78 is 176. The Bertz CT molecular complexity index is 6800. The molecule has 4 aromatic carbocycles. The summed E-state index contributed by atoms with van der Waals surface area (Å²) in [5, 5.41) is 15.3. The maximum absolute atomic E-state index is 14.8. The molecule has 12 aromatic rings. The second-order valence-corrected chi connectivity index (χ2v) is 37.5. The number of piperazine rings is 2. The minimum atomic E-state index is -2.91. The van der Waals surface area contributed by atoms with E-state index in [4.69, 9.17) is 4.74 Å². The van der Waals surface area contributed by atoms with E-state index in [2.05, 4.69) is 92.7 Å². The number of likely N-dealkylation sites (N-methyl/N-ethyl adjacent to an activating group) is 1. The second-order valence-electron chi connectivity index (χ2n) is 37.5. The second kappa shape index (κ2) is 39.6. The lowest BCUT2D eigenvalue weighted by molar-refractivity contribution is -0.0230. The molecular formula is C99H111F12N21O5. The van der Waals surface area contributed by atoms with Crippen LogP contribution in [-0.4, -0.2) is 159 Å². The van der Waals surface area contributed by atoms with Crippen LogP contribution >= 0.6 is 0 Å². The molecular weight excluding hydrogens is 1790 g/mol. The Kier molecular flexibility index (Phi) is 27.9. The lowest BCUT2D eigenvalue weighted by Crippen LogP contribution is -2.67. The summed E-state index contributed by atoms with van der Waals surface area (Å²) in [7, 11) is 7.18. The maximum atomic E-state index is 14.8. The van der Waals surface area contributed by atoms with Crippen LogP contribution in [-0.2, 0) is 31.3 Å². The van der Waals surface area contributed by atoms with Gasteiger partial charge in [0.25, 0.3) is 47.9 Å². The monoisotopic (exact) mass is 1900 g/mol. The van der Waals surface area contributed by atoms with Crippen molar-refractivity contribution in [1.29, 1.82) is 0 Å². The minimum absolute atomic E-state index is 0.0339. The first kappa shape index (κ1) is 96.4. The number of alkyl halides is 8. The number of benzene rings is 4. The van der Waals surface area contributed by atoms with Gasteiger partial charge in [0.1, 0.15) is 110 Å². The first-order valence-electron chi connectivity index (χ1n) is 46.7. The number of aromatic nitrogens is 12. The van der Waals surface area contributed by atoms with Gasteiger partial charge < -0.3 is 40.7 Å². The molecule has 6 atom stereocenters. The number of halogens is 12. The molecule has 137 heavy (non-hydrogen) atoms. The number of anilines is 7. The lowest BCUT2D eigenvalue weighted by Gasteiger charge is -2.55. The van der Waals surface area contributed by atoms with Crippen LogP contribution in [0.3, 0.4) is 0 Å². The van der Waals surface area contributed by atoms with Crippen molar-refractivity contribution < 1.29 is 57.4 Å². The van der Waals surface area contributed by atoms with E-state index in [1.54, 1.807) is 96.9 Å². The van der Waals surface area contributed by atoms with Crippen LogP contribution in [0.1, 0.15) is 228 Å². The number of hydrogen-bond donors (Lipinski definition) is 4. The van der Waals surface area contributed by atoms with Crippen molar-refractivity contribution >= 4 is 84.5 Å². The van der Waals surface area contributed by atoms with Gasteiger partial charge in [-0.15, -0.1) is 0 Å². The Morgan fingerprint density at radius 1 is 0.394 bits per heavy atom. The largest absolute Gasteiger partial charge is 0.377 e. The Morgan fingerprint density at radius 2 is 0.774 bits per heavy atom. The molecule has 6 aliphatic heterocycles. The quantitative estimate of drug-likeness (QED) is 0.0459. The molecule has 4 bridgehead atoms. The molecule has 0 amide bonds. The zero-order chi connectivity index (χ0) is 97.2. The van der Waals surface area contributed by atoms with Gasteiger partial charge in [-0.1, -0.05) is 79.2 Å². The highest BCUT2D eigenvalue weighted by Gasteiger charge is 2.48. The van der Waals surface area contributed by atoms with E-state index in [0.717, 1.165) is 140 Å². The van der Waals surface area contributed by atoms with Crippen molar-refractivity contribution in [3.05, 3.63) is 236 Å². The summed E-state index contributed by atoms with van der Waals surface area (Å²) in [6, 6.07) is 22.1. The van der Waals surface area contributed by atoms with Gasteiger partial charge in [0.15, 0.2) is 0 Å². The van der Waals surface area contributed by atoms with E-state index in [0.29, 0.717) is 139 Å². The van der Waals surface area contributed by atoms with Gasteiger partial charge in [0.2, 0.25) is 0 Å². The smallest absolute Gasteiger partial charge is 0.276 e. The molecule has 726 valence electrons. The molecule has 0 radical (unpaired) electrons. The Morgan fingerprint density at radius 3 is 1.16 bits per heavy atom. The van der Waals surface area contributed by atoms with E-state index >= 15 is 0 Å². The minimum Gasteiger partial charge on any atom is -0.377 e. The number of fused-ring (bicyclic) bond motifs is 8. The molecule has 8 aromatic heterocycles. The van der Waals surface area contributed by atoms with Crippen molar-refractivity contribution in [2.45, 2.75) is 205 Å². The zero-order valence-electron chi connectivity index (χ0n) is 78.1. The van der Waals surface area contributed by atoms with Crippen LogP contribution in [0.5, 0.6) is 0 Å². The number of piperidine rings is 2. The number of ether oxygens (including phenoxy) is 1. The molecule has 38 heteroatoms. The highest BCUT2D eigenvalue weighted by molar-refractivity contribution is 5.92. The van der Waals surface area contributed by atoms with Crippen LogP contribution in [0, 0.1) is 50.0 Å². The van der Waals surface area contributed by atoms with Crippen molar-refractivity contribution in [2.75, 3.05) is 109 Å². The number of aryl methyl sites for hydroxylation is 6. The van der Waals surface area contributed by atoms with E-state index in [-0.39, 0.29) is 55.9 Å². The third-order valence-electron chi connectivity index (χ3n) is 28.9. The number of nitrogens with one attached hydrogen (secondary N) is 4. The predicted octanol–water partition coefficient (Wildman–Crippen LogP) is 18.7. The highest BCUT2D eigenvalue weighted by atomic mass is 19.3. The number of nitrogens with zero attached hydrogens (tertiary/aromatic N) is 17. The number of hydrogen-bond acceptors (Lipinski definition) is 22. The van der Waals surface area contributed by atoms with E-state index in [9.17, 15) is 71.9 Å². The summed E-state index contributed by atoms with van der Waals surface area (Å²) in [5.74, 6) is 0.00833. The van der Waals surface area contributed by atoms with Gasteiger partial charge in [-0.25, -0.2) is 92.6 Å². The van der Waals surface area contributed by atoms with Crippen LogP contribution < -0.4 is 58.2 Å².